The van der Waals surface area contributed by atoms with Gasteiger partial charge in [0.2, 0.25) is 0 Å². The lowest BCUT2D eigenvalue weighted by molar-refractivity contribution is 0.0994. The number of hydrogen-bond acceptors (Lipinski definition) is 4. The zero-order chi connectivity index (χ0) is 16.1. The van der Waals surface area contributed by atoms with Gasteiger partial charge in [-0.25, -0.2) is 9.89 Å². The minimum atomic E-state index is -0.309. The highest BCUT2D eigenvalue weighted by Gasteiger charge is 2.20. The van der Waals surface area contributed by atoms with Crippen LogP contribution in [0.25, 0.3) is 0 Å². The molecule has 1 N–H and O–H groups in total. The number of aromatic amines is 1. The molecule has 5 nitrogen and oxygen atoms in total. The van der Waals surface area contributed by atoms with Crippen LogP contribution in [0.15, 0.2) is 38.7 Å². The van der Waals surface area contributed by atoms with E-state index < -0.39 is 0 Å². The number of carbonyl (C=O) groups excluding carboxylic acids is 1. The van der Waals surface area contributed by atoms with E-state index in [1.165, 1.54) is 11.8 Å². The number of ketones is 1. The first kappa shape index (κ1) is 17.0. The second-order valence-corrected chi connectivity index (χ2v) is 7.17. The molecular formula is C15H18BrN3O2S. The van der Waals surface area contributed by atoms with Gasteiger partial charge in [-0.15, -0.1) is 5.10 Å². The summed E-state index contributed by atoms with van der Waals surface area (Å²) in [7, 11) is 0. The molecule has 0 unspecified atom stereocenters. The molecule has 22 heavy (non-hydrogen) atoms. The molecule has 2 aromatic rings. The number of benzene rings is 1. The third kappa shape index (κ3) is 4.10. The summed E-state index contributed by atoms with van der Waals surface area (Å²) in [5, 5.41) is 6.74. The van der Waals surface area contributed by atoms with Crippen molar-refractivity contribution in [3.8, 4) is 0 Å². The van der Waals surface area contributed by atoms with Crippen LogP contribution in [0.2, 0.25) is 0 Å². The van der Waals surface area contributed by atoms with Gasteiger partial charge in [0.15, 0.2) is 10.9 Å². The summed E-state index contributed by atoms with van der Waals surface area (Å²) in [5.74, 6) is 0.0231. The smallest absolute Gasteiger partial charge is 0.293 e. The summed E-state index contributed by atoms with van der Waals surface area (Å²) in [6.45, 7) is 4.52. The zero-order valence-electron chi connectivity index (χ0n) is 12.5. The van der Waals surface area contributed by atoms with Gasteiger partial charge in [0.25, 0.3) is 0 Å². The van der Waals surface area contributed by atoms with Gasteiger partial charge in [0, 0.05) is 16.6 Å². The number of unbranched alkanes of at least 4 members (excludes halogenated alkanes) is 1. The van der Waals surface area contributed by atoms with Gasteiger partial charge in [-0.3, -0.25) is 9.36 Å². The highest BCUT2D eigenvalue weighted by molar-refractivity contribution is 9.10. The van der Waals surface area contributed by atoms with Gasteiger partial charge >= 0.3 is 5.69 Å². The standard InChI is InChI=1S/C15H18BrN3O2S/c1-3-4-9-19-14(21)17-18-15(19)22-10(2)13(20)11-5-7-12(16)8-6-11/h5-8,10H,3-4,9H2,1-2H3,(H,17,21)/t10-/m1/s1. The molecule has 118 valence electrons. The van der Waals surface area contributed by atoms with Gasteiger partial charge in [-0.05, 0) is 25.5 Å². The monoisotopic (exact) mass is 383 g/mol. The summed E-state index contributed by atoms with van der Waals surface area (Å²) in [4.78, 5) is 24.2. The first-order valence-corrected chi connectivity index (χ1v) is 8.81. The number of hydrogen-bond donors (Lipinski definition) is 1. The Hall–Kier alpha value is -1.34. The van der Waals surface area contributed by atoms with Crippen molar-refractivity contribution in [2.45, 2.75) is 43.6 Å². The lowest BCUT2D eigenvalue weighted by Gasteiger charge is -2.10. The minimum absolute atomic E-state index is 0.0231. The Morgan fingerprint density at radius 1 is 1.41 bits per heavy atom. The van der Waals surface area contributed by atoms with E-state index in [4.69, 9.17) is 0 Å². The van der Waals surface area contributed by atoms with E-state index in [1.54, 1.807) is 16.7 Å². The summed E-state index contributed by atoms with van der Waals surface area (Å²) in [6, 6.07) is 7.27. The molecule has 1 heterocycles. The molecule has 0 spiro atoms. The van der Waals surface area contributed by atoms with Crippen LogP contribution in [0.3, 0.4) is 0 Å². The van der Waals surface area contributed by atoms with Crippen LogP contribution < -0.4 is 5.69 Å². The van der Waals surface area contributed by atoms with Crippen LogP contribution in [0.5, 0.6) is 0 Å². The molecule has 0 aliphatic heterocycles. The summed E-state index contributed by atoms with van der Waals surface area (Å²) in [5.41, 5.74) is 0.431. The molecule has 0 saturated heterocycles. The largest absolute Gasteiger partial charge is 0.343 e. The molecule has 0 saturated carbocycles. The van der Waals surface area contributed by atoms with Crippen molar-refractivity contribution < 1.29 is 4.79 Å². The third-order valence-corrected chi connectivity index (χ3v) is 4.86. The Bertz CT molecular complexity index is 694. The van der Waals surface area contributed by atoms with Crippen molar-refractivity contribution in [3.05, 3.63) is 44.8 Å². The van der Waals surface area contributed by atoms with E-state index in [0.29, 0.717) is 17.3 Å². The van der Waals surface area contributed by atoms with Crippen LogP contribution >= 0.6 is 27.7 Å². The number of thioether (sulfide) groups is 1. The predicted octanol–water partition coefficient (Wildman–Crippen LogP) is 3.50. The SMILES string of the molecule is CCCCn1c(S[C@H](C)C(=O)c2ccc(Br)cc2)n[nH]c1=O. The Kier molecular flexibility index (Phi) is 6.02. The van der Waals surface area contributed by atoms with Crippen LogP contribution in [0, 0.1) is 0 Å². The second-order valence-electron chi connectivity index (χ2n) is 4.95. The van der Waals surface area contributed by atoms with Crippen molar-refractivity contribution in [1.29, 1.82) is 0 Å². The lowest BCUT2D eigenvalue weighted by Crippen LogP contribution is -2.19. The average Bonchev–Trinajstić information content (AvgIpc) is 2.85. The van der Waals surface area contributed by atoms with Crippen molar-refractivity contribution in [2.24, 2.45) is 0 Å². The third-order valence-electron chi connectivity index (χ3n) is 3.24. The van der Waals surface area contributed by atoms with E-state index in [2.05, 4.69) is 33.1 Å². The Morgan fingerprint density at radius 2 is 2.09 bits per heavy atom. The molecule has 0 amide bonds. The highest BCUT2D eigenvalue weighted by Crippen LogP contribution is 2.24. The van der Waals surface area contributed by atoms with E-state index in [-0.39, 0.29) is 16.7 Å². The van der Waals surface area contributed by atoms with Crippen molar-refractivity contribution in [3.63, 3.8) is 0 Å². The van der Waals surface area contributed by atoms with Crippen LogP contribution in [-0.4, -0.2) is 25.8 Å². The molecule has 0 radical (unpaired) electrons. The van der Waals surface area contributed by atoms with Crippen LogP contribution in [0.1, 0.15) is 37.0 Å². The molecule has 2 rings (SSSR count). The number of H-pyrrole nitrogens is 1. The number of rotatable bonds is 7. The number of nitrogens with zero attached hydrogens (tertiary/aromatic N) is 2. The number of aromatic nitrogens is 3. The maximum atomic E-state index is 12.4. The van der Waals surface area contributed by atoms with Crippen LogP contribution in [-0.2, 0) is 6.54 Å². The topological polar surface area (TPSA) is 67.8 Å². The second kappa shape index (κ2) is 7.78. The maximum absolute atomic E-state index is 12.4. The predicted molar refractivity (Wildman–Crippen MR) is 91.5 cm³/mol. The molecule has 7 heteroatoms. The molecule has 1 atom stereocenters. The fraction of sp³-hybridized carbons (Fsp3) is 0.400. The fourth-order valence-electron chi connectivity index (χ4n) is 1.97. The van der Waals surface area contributed by atoms with E-state index in [0.717, 1.165) is 17.3 Å². The van der Waals surface area contributed by atoms with Gasteiger partial charge in [0.05, 0.1) is 5.25 Å². The van der Waals surface area contributed by atoms with Crippen molar-refractivity contribution >= 4 is 33.5 Å². The lowest BCUT2D eigenvalue weighted by atomic mass is 10.1. The Labute approximate surface area is 141 Å². The average molecular weight is 384 g/mol. The number of halogens is 1. The normalized spacial score (nSPS) is 12.3. The molecule has 0 fully saturated rings. The molecule has 0 aliphatic rings. The van der Waals surface area contributed by atoms with E-state index in [1.807, 2.05) is 19.1 Å². The summed E-state index contributed by atoms with van der Waals surface area (Å²) < 4.78 is 2.53. The first-order valence-electron chi connectivity index (χ1n) is 7.14. The number of Topliss-reactive ketones (excluding diaryl/α,β-unsaturated/α-hetero) is 1. The van der Waals surface area contributed by atoms with Gasteiger partial charge in [-0.2, -0.15) is 0 Å². The van der Waals surface area contributed by atoms with Crippen molar-refractivity contribution in [2.75, 3.05) is 0 Å². The molecule has 1 aromatic carbocycles. The quantitative estimate of drug-likeness (QED) is 0.586. The van der Waals surface area contributed by atoms with Crippen molar-refractivity contribution in [1.82, 2.24) is 14.8 Å². The van der Waals surface area contributed by atoms with E-state index in [9.17, 15) is 9.59 Å². The van der Waals surface area contributed by atoms with Gasteiger partial charge < -0.3 is 0 Å². The first-order chi connectivity index (χ1) is 10.5. The molecular weight excluding hydrogens is 366 g/mol. The van der Waals surface area contributed by atoms with Gasteiger partial charge in [-0.1, -0.05) is 53.2 Å². The van der Waals surface area contributed by atoms with Crippen LogP contribution in [0.4, 0.5) is 0 Å². The molecule has 1 aromatic heterocycles. The molecule has 0 bridgehead atoms. The summed E-state index contributed by atoms with van der Waals surface area (Å²) in [6.07, 6.45) is 1.90. The Balaban J connectivity index is 2.11. The highest BCUT2D eigenvalue weighted by atomic mass is 79.9. The number of carbonyl (C=O) groups is 1. The van der Waals surface area contributed by atoms with Gasteiger partial charge in [0.1, 0.15) is 0 Å². The number of nitrogens with one attached hydrogen (secondary N) is 1. The fourth-order valence-corrected chi connectivity index (χ4v) is 3.19. The zero-order valence-corrected chi connectivity index (χ0v) is 14.9. The minimum Gasteiger partial charge on any atom is -0.293 e. The van der Waals surface area contributed by atoms with E-state index >= 15 is 0 Å². The Morgan fingerprint density at radius 3 is 2.73 bits per heavy atom. The maximum Gasteiger partial charge on any atom is 0.343 e. The summed E-state index contributed by atoms with van der Waals surface area (Å²) >= 11 is 4.66. The molecule has 0 aliphatic carbocycles.